The molecule has 4 aromatic rings. The van der Waals surface area contributed by atoms with Crippen LogP contribution in [-0.2, 0) is 13.0 Å². The molecule has 0 aliphatic carbocycles. The van der Waals surface area contributed by atoms with Gasteiger partial charge in [0, 0.05) is 43.7 Å². The van der Waals surface area contributed by atoms with Crippen molar-refractivity contribution in [2.45, 2.75) is 31.7 Å². The van der Waals surface area contributed by atoms with Crippen LogP contribution in [0.15, 0.2) is 48.5 Å². The van der Waals surface area contributed by atoms with Crippen molar-refractivity contribution in [1.82, 2.24) is 34.4 Å². The summed E-state index contributed by atoms with van der Waals surface area (Å²) in [6, 6.07) is 5.63. The van der Waals surface area contributed by atoms with Crippen molar-refractivity contribution >= 4 is 11.3 Å². The summed E-state index contributed by atoms with van der Waals surface area (Å²) in [7, 11) is 0. The first-order valence-corrected chi connectivity index (χ1v) is 11.9. The molecule has 0 bridgehead atoms. The maximum atomic E-state index is 10.2. The summed E-state index contributed by atoms with van der Waals surface area (Å²) in [4.78, 5) is 25.9. The fourth-order valence-electron chi connectivity index (χ4n) is 4.16. The molecule has 5 heterocycles. The van der Waals surface area contributed by atoms with E-state index in [1.165, 1.54) is 0 Å². The van der Waals surface area contributed by atoms with E-state index in [1.807, 2.05) is 40.7 Å². The number of nitrogens with zero attached hydrogens (tertiary/aromatic N) is 7. The summed E-state index contributed by atoms with van der Waals surface area (Å²) >= 11 is 1.61. The van der Waals surface area contributed by atoms with Gasteiger partial charge in [-0.1, -0.05) is 6.07 Å². The Hall–Kier alpha value is -3.21. The van der Waals surface area contributed by atoms with Crippen LogP contribution in [0.1, 0.15) is 35.8 Å². The highest BCUT2D eigenvalue weighted by Gasteiger charge is 2.25. The summed E-state index contributed by atoms with van der Waals surface area (Å²) in [6.07, 6.45) is 10.2. The molecule has 0 amide bonds. The lowest BCUT2D eigenvalue weighted by Gasteiger charge is -2.31. The molecule has 1 aliphatic heterocycles. The molecule has 1 fully saturated rings. The molecular weight excluding hydrogens is 436 g/mol. The second-order valence-electron chi connectivity index (χ2n) is 8.22. The zero-order chi connectivity index (χ0) is 22.6. The highest BCUT2D eigenvalue weighted by molar-refractivity contribution is 7.13. The number of aromatic nitrogens is 6. The predicted molar refractivity (Wildman–Crippen MR) is 126 cm³/mol. The fourth-order valence-corrected chi connectivity index (χ4v) is 4.84. The Morgan fingerprint density at radius 1 is 1.18 bits per heavy atom. The molecule has 4 aromatic heterocycles. The van der Waals surface area contributed by atoms with Crippen molar-refractivity contribution in [2.24, 2.45) is 5.73 Å². The Morgan fingerprint density at radius 2 is 2.06 bits per heavy atom. The van der Waals surface area contributed by atoms with Gasteiger partial charge >= 0.3 is 0 Å². The van der Waals surface area contributed by atoms with Gasteiger partial charge in [0.2, 0.25) is 11.8 Å². The number of hydrogen-bond acceptors (Lipinski definition) is 9. The lowest BCUT2D eigenvalue weighted by Crippen LogP contribution is -2.34. The zero-order valence-corrected chi connectivity index (χ0v) is 19.0. The van der Waals surface area contributed by atoms with E-state index in [0.717, 1.165) is 60.7 Å². The number of rotatable bonds is 7. The van der Waals surface area contributed by atoms with Gasteiger partial charge in [-0.2, -0.15) is 4.98 Å². The largest absolute Gasteiger partial charge is 0.493 e. The van der Waals surface area contributed by atoms with E-state index in [4.69, 9.17) is 10.7 Å². The predicted octanol–water partition coefficient (Wildman–Crippen LogP) is 2.77. The van der Waals surface area contributed by atoms with Gasteiger partial charge < -0.3 is 10.8 Å². The third kappa shape index (κ3) is 5.08. The molecule has 0 saturated carbocycles. The van der Waals surface area contributed by atoms with Crippen LogP contribution >= 0.6 is 11.3 Å². The lowest BCUT2D eigenvalue weighted by atomic mass is 9.97. The van der Waals surface area contributed by atoms with Gasteiger partial charge in [0.1, 0.15) is 12.2 Å². The van der Waals surface area contributed by atoms with Crippen molar-refractivity contribution in [1.29, 1.82) is 0 Å². The zero-order valence-electron chi connectivity index (χ0n) is 18.2. The quantitative estimate of drug-likeness (QED) is 0.430. The van der Waals surface area contributed by atoms with Crippen LogP contribution in [0.25, 0.3) is 16.5 Å². The van der Waals surface area contributed by atoms with Crippen molar-refractivity contribution < 1.29 is 5.11 Å². The Morgan fingerprint density at radius 3 is 2.85 bits per heavy atom. The van der Waals surface area contributed by atoms with E-state index in [-0.39, 0.29) is 11.8 Å². The average Bonchev–Trinajstić information content (AvgIpc) is 3.52. The number of imidazole rings is 1. The molecular formula is C23H26N8OS. The fraction of sp³-hybridized carbons (Fsp3) is 0.348. The van der Waals surface area contributed by atoms with Crippen molar-refractivity contribution in [3.63, 3.8) is 0 Å². The van der Waals surface area contributed by atoms with Crippen molar-refractivity contribution in [2.75, 3.05) is 19.6 Å². The van der Waals surface area contributed by atoms with Gasteiger partial charge in [-0.05, 0) is 49.4 Å². The van der Waals surface area contributed by atoms with E-state index < -0.39 is 0 Å². The Kier molecular flexibility index (Phi) is 6.38. The number of nitrogens with two attached hydrogens (primary N) is 1. The molecule has 0 spiro atoms. The third-order valence-electron chi connectivity index (χ3n) is 5.75. The molecule has 0 aromatic carbocycles. The smallest absolute Gasteiger partial charge is 0.234 e. The molecule has 5 rings (SSSR count). The highest BCUT2D eigenvalue weighted by atomic mass is 32.1. The highest BCUT2D eigenvalue weighted by Crippen LogP contribution is 2.30. The number of aromatic hydroxyl groups is 1. The lowest BCUT2D eigenvalue weighted by molar-refractivity contribution is 0.194. The molecule has 1 atom stereocenters. The number of likely N-dealkylation sites (tertiary alicyclic amines) is 1. The molecule has 9 nitrogen and oxygen atoms in total. The van der Waals surface area contributed by atoms with Gasteiger partial charge in [0.05, 0.1) is 16.3 Å². The minimum absolute atomic E-state index is 0.0248. The molecule has 33 heavy (non-hydrogen) atoms. The van der Waals surface area contributed by atoms with Crippen LogP contribution in [0.2, 0.25) is 0 Å². The van der Waals surface area contributed by atoms with E-state index in [1.54, 1.807) is 23.7 Å². The molecule has 10 heteroatoms. The van der Waals surface area contributed by atoms with Gasteiger partial charge in [0.25, 0.3) is 0 Å². The van der Waals surface area contributed by atoms with Crippen LogP contribution < -0.4 is 5.73 Å². The van der Waals surface area contributed by atoms with Crippen LogP contribution in [0.5, 0.6) is 5.88 Å². The minimum Gasteiger partial charge on any atom is -0.493 e. The van der Waals surface area contributed by atoms with Crippen LogP contribution in [-0.4, -0.2) is 59.1 Å². The van der Waals surface area contributed by atoms with Crippen LogP contribution in [0.4, 0.5) is 0 Å². The number of thiophene rings is 1. The molecule has 1 unspecified atom stereocenters. The molecule has 170 valence electrons. The van der Waals surface area contributed by atoms with Gasteiger partial charge in [-0.15, -0.1) is 11.3 Å². The average molecular weight is 463 g/mol. The first-order valence-electron chi connectivity index (χ1n) is 11.1. The SMILES string of the molecule is NCCc1cnc(-n2cnc(CN3CCCC(c4nc(O)cc(-c5cccs5)n4)C3)c2)nc1. The second kappa shape index (κ2) is 9.74. The first kappa shape index (κ1) is 21.6. The number of hydrogen-bond donors (Lipinski definition) is 2. The van der Waals surface area contributed by atoms with Gasteiger partial charge in [0.15, 0.2) is 0 Å². The van der Waals surface area contributed by atoms with Crippen molar-refractivity contribution in [3.8, 4) is 22.4 Å². The number of piperidine rings is 1. The van der Waals surface area contributed by atoms with Crippen LogP contribution in [0.3, 0.4) is 0 Å². The maximum Gasteiger partial charge on any atom is 0.234 e. The van der Waals surface area contributed by atoms with E-state index in [0.29, 0.717) is 18.3 Å². The first-order chi connectivity index (χ1) is 16.2. The molecule has 3 N–H and O–H groups in total. The van der Waals surface area contributed by atoms with E-state index in [2.05, 4.69) is 24.8 Å². The standard InChI is InChI=1S/C23H26N8OS/c24-6-5-16-10-25-23(26-11-16)31-14-18(27-15-31)13-30-7-1-3-17(12-30)22-28-19(9-21(32)29-22)20-4-2-8-33-20/h2,4,8-11,14-15,17H,1,3,5-7,12-13,24H2,(H,28,29,32). The Bertz CT molecular complexity index is 1190. The van der Waals surface area contributed by atoms with Gasteiger partial charge in [-0.25, -0.2) is 19.9 Å². The minimum atomic E-state index is 0.0248. The second-order valence-corrected chi connectivity index (χ2v) is 9.17. The Balaban J connectivity index is 1.27. The normalized spacial score (nSPS) is 16.8. The van der Waals surface area contributed by atoms with E-state index in [9.17, 15) is 5.11 Å². The summed E-state index contributed by atoms with van der Waals surface area (Å²) in [5, 5.41) is 12.2. The monoisotopic (exact) mass is 462 g/mol. The summed E-state index contributed by atoms with van der Waals surface area (Å²) in [5.74, 6) is 1.50. The summed E-state index contributed by atoms with van der Waals surface area (Å²) in [5.41, 5.74) is 8.35. The molecule has 1 saturated heterocycles. The van der Waals surface area contributed by atoms with Crippen molar-refractivity contribution in [3.05, 3.63) is 65.6 Å². The topological polar surface area (TPSA) is 119 Å². The van der Waals surface area contributed by atoms with Crippen LogP contribution in [0, 0.1) is 0 Å². The molecule has 0 radical (unpaired) electrons. The van der Waals surface area contributed by atoms with Gasteiger partial charge in [-0.3, -0.25) is 9.47 Å². The Labute approximate surface area is 196 Å². The maximum absolute atomic E-state index is 10.2. The summed E-state index contributed by atoms with van der Waals surface area (Å²) < 4.78 is 1.84. The molecule has 1 aliphatic rings. The third-order valence-corrected chi connectivity index (χ3v) is 6.64. The van der Waals surface area contributed by atoms with E-state index >= 15 is 0 Å². The summed E-state index contributed by atoms with van der Waals surface area (Å²) in [6.45, 7) is 3.12.